The maximum Gasteiger partial charge on any atom is 0.495 e. The van der Waals surface area contributed by atoms with E-state index in [1.54, 1.807) is 19.2 Å². The highest BCUT2D eigenvalue weighted by atomic mass is 19.3. The van der Waals surface area contributed by atoms with Crippen LogP contribution in [-0.4, -0.2) is 32.9 Å². The maximum absolute atomic E-state index is 13.9. The highest BCUT2D eigenvalue weighted by molar-refractivity contribution is 6.65. The number of aromatic nitrogens is 3. The lowest BCUT2D eigenvalue weighted by Crippen LogP contribution is -2.41. The van der Waals surface area contributed by atoms with Gasteiger partial charge in [-0.05, 0) is 52.2 Å². The van der Waals surface area contributed by atoms with Crippen LogP contribution in [-0.2, 0) is 9.31 Å². The van der Waals surface area contributed by atoms with Crippen LogP contribution in [0.3, 0.4) is 0 Å². The van der Waals surface area contributed by atoms with Gasteiger partial charge in [0.2, 0.25) is 0 Å². The molecule has 4 rings (SSSR count). The maximum atomic E-state index is 13.9. The molecule has 3 aromatic rings. The van der Waals surface area contributed by atoms with Gasteiger partial charge in [0, 0.05) is 11.6 Å². The molecule has 1 aliphatic rings. The summed E-state index contributed by atoms with van der Waals surface area (Å²) in [5.41, 5.74) is 0.819. The predicted octanol–water partition coefficient (Wildman–Crippen LogP) is 3.97. The molecule has 0 radical (unpaired) electrons. The van der Waals surface area contributed by atoms with Crippen molar-refractivity contribution in [2.24, 2.45) is 0 Å². The Bertz CT molecular complexity index is 1030. The zero-order chi connectivity index (χ0) is 20.3. The van der Waals surface area contributed by atoms with Crippen molar-refractivity contribution < 1.29 is 18.1 Å². The minimum absolute atomic E-state index is 0.158. The fraction of sp³-hybridized carbons (Fsp3) is 0.400. The molecule has 1 aliphatic heterocycles. The van der Waals surface area contributed by atoms with Gasteiger partial charge in [-0.1, -0.05) is 12.1 Å². The zero-order valence-corrected chi connectivity index (χ0v) is 16.5. The van der Waals surface area contributed by atoms with Gasteiger partial charge in [0.25, 0.3) is 6.43 Å². The number of hydrogen-bond donors (Lipinski definition) is 0. The van der Waals surface area contributed by atoms with Crippen LogP contribution < -0.4 is 5.46 Å². The lowest BCUT2D eigenvalue weighted by atomic mass is 9.76. The monoisotopic (exact) mass is 385 g/mol. The number of hydrogen-bond acceptors (Lipinski definition) is 4. The summed E-state index contributed by atoms with van der Waals surface area (Å²) < 4.78 is 41.5. The second kappa shape index (κ2) is 6.35. The van der Waals surface area contributed by atoms with E-state index < -0.39 is 24.7 Å². The number of rotatable bonds is 3. The third kappa shape index (κ3) is 3.01. The van der Waals surface area contributed by atoms with E-state index in [-0.39, 0.29) is 11.4 Å². The van der Waals surface area contributed by atoms with E-state index in [1.807, 2.05) is 39.8 Å². The van der Waals surface area contributed by atoms with Crippen molar-refractivity contribution >= 4 is 23.5 Å². The van der Waals surface area contributed by atoms with Crippen molar-refractivity contribution in [3.05, 3.63) is 48.0 Å². The van der Waals surface area contributed by atoms with E-state index in [9.17, 15) is 8.78 Å². The van der Waals surface area contributed by atoms with Crippen molar-refractivity contribution in [3.63, 3.8) is 0 Å². The molecule has 0 bridgehead atoms. The molecular weight excluding hydrogens is 363 g/mol. The standard InChI is InChI=1S/C20H22BF2N3O2/c1-12-10-26(11-24-12)18-14(17(22)23)9-13-15(7-6-8-16(13)25-18)21-27-19(2,3)20(4,5)28-21/h6-11,17H,1-5H3. The second-order valence-corrected chi connectivity index (χ2v) is 8.13. The van der Waals surface area contributed by atoms with Crippen molar-refractivity contribution in [1.82, 2.24) is 14.5 Å². The van der Waals surface area contributed by atoms with Crippen LogP contribution in [0.2, 0.25) is 0 Å². The molecule has 2 aromatic heterocycles. The van der Waals surface area contributed by atoms with E-state index in [0.29, 0.717) is 16.4 Å². The second-order valence-electron chi connectivity index (χ2n) is 8.13. The first-order valence-corrected chi connectivity index (χ1v) is 9.17. The van der Waals surface area contributed by atoms with Gasteiger partial charge in [0.1, 0.15) is 12.1 Å². The molecule has 0 saturated carbocycles. The smallest absolute Gasteiger partial charge is 0.399 e. The third-order valence-corrected chi connectivity index (χ3v) is 5.60. The van der Waals surface area contributed by atoms with E-state index in [0.717, 1.165) is 5.69 Å². The molecule has 1 saturated heterocycles. The molecule has 0 spiro atoms. The van der Waals surface area contributed by atoms with Crippen molar-refractivity contribution in [2.45, 2.75) is 52.2 Å². The van der Waals surface area contributed by atoms with E-state index in [4.69, 9.17) is 9.31 Å². The quantitative estimate of drug-likeness (QED) is 0.641. The Morgan fingerprint density at radius 2 is 1.79 bits per heavy atom. The summed E-state index contributed by atoms with van der Waals surface area (Å²) in [5.74, 6) is 0.175. The van der Waals surface area contributed by atoms with Crippen LogP contribution in [0.25, 0.3) is 16.7 Å². The number of benzene rings is 1. The molecule has 0 atom stereocenters. The molecule has 0 amide bonds. The summed E-state index contributed by atoms with van der Waals surface area (Å²) in [6.07, 6.45) is 0.493. The van der Waals surface area contributed by atoms with Crippen LogP contribution in [0.4, 0.5) is 8.78 Å². The van der Waals surface area contributed by atoms with Crippen molar-refractivity contribution in [1.29, 1.82) is 0 Å². The molecule has 0 aliphatic carbocycles. The Morgan fingerprint density at radius 1 is 1.11 bits per heavy atom. The summed E-state index contributed by atoms with van der Waals surface area (Å²) in [5, 5.41) is 0.594. The molecule has 5 nitrogen and oxygen atoms in total. The van der Waals surface area contributed by atoms with Gasteiger partial charge >= 0.3 is 7.12 Å². The first kappa shape index (κ1) is 19.0. The van der Waals surface area contributed by atoms with Gasteiger partial charge in [-0.25, -0.2) is 18.7 Å². The molecule has 1 fully saturated rings. The van der Waals surface area contributed by atoms with Gasteiger partial charge in [-0.3, -0.25) is 4.57 Å². The number of alkyl halides is 2. The van der Waals surface area contributed by atoms with E-state index >= 15 is 0 Å². The Hall–Kier alpha value is -2.32. The van der Waals surface area contributed by atoms with Gasteiger partial charge in [-0.2, -0.15) is 0 Å². The molecule has 0 unspecified atom stereocenters. The average molecular weight is 385 g/mol. The molecular formula is C20H22BF2N3O2. The molecule has 3 heterocycles. The van der Waals surface area contributed by atoms with Gasteiger partial charge < -0.3 is 9.31 Å². The average Bonchev–Trinajstić information content (AvgIpc) is 3.13. The largest absolute Gasteiger partial charge is 0.495 e. The molecule has 0 N–H and O–H groups in total. The molecule has 8 heteroatoms. The molecule has 146 valence electrons. The molecule has 28 heavy (non-hydrogen) atoms. The lowest BCUT2D eigenvalue weighted by Gasteiger charge is -2.32. The highest BCUT2D eigenvalue weighted by Crippen LogP contribution is 2.37. The first-order valence-electron chi connectivity index (χ1n) is 9.17. The Balaban J connectivity index is 1.88. The van der Waals surface area contributed by atoms with Crippen molar-refractivity contribution in [3.8, 4) is 5.82 Å². The Morgan fingerprint density at radius 3 is 2.36 bits per heavy atom. The van der Waals surface area contributed by atoms with Crippen LogP contribution >= 0.6 is 0 Å². The topological polar surface area (TPSA) is 49.2 Å². The highest BCUT2D eigenvalue weighted by Gasteiger charge is 2.52. The third-order valence-electron chi connectivity index (χ3n) is 5.60. The van der Waals surface area contributed by atoms with E-state index in [1.165, 1.54) is 17.0 Å². The zero-order valence-electron chi connectivity index (χ0n) is 16.5. The summed E-state index contributed by atoms with van der Waals surface area (Å²) in [6.45, 7) is 9.64. The van der Waals surface area contributed by atoms with Gasteiger partial charge in [-0.15, -0.1) is 0 Å². The van der Waals surface area contributed by atoms with Crippen molar-refractivity contribution in [2.75, 3.05) is 0 Å². The normalized spacial score (nSPS) is 18.4. The number of aryl methyl sites for hydroxylation is 1. The van der Waals surface area contributed by atoms with Gasteiger partial charge in [0.15, 0.2) is 0 Å². The number of fused-ring (bicyclic) bond motifs is 1. The molecule has 1 aromatic carbocycles. The first-order chi connectivity index (χ1) is 13.1. The SMILES string of the molecule is Cc1cn(-c2nc3cccc(B4OC(C)(C)C(C)(C)O4)c3cc2C(F)F)cn1. The number of nitrogens with zero attached hydrogens (tertiary/aromatic N) is 3. The summed E-state index contributed by atoms with van der Waals surface area (Å²) in [7, 11) is -0.651. The lowest BCUT2D eigenvalue weighted by molar-refractivity contribution is 0.00578. The summed E-state index contributed by atoms with van der Waals surface area (Å²) in [4.78, 5) is 8.64. The van der Waals surface area contributed by atoms with Crippen LogP contribution in [0.15, 0.2) is 36.8 Å². The van der Waals surface area contributed by atoms with Gasteiger partial charge in [0.05, 0.1) is 28.0 Å². The Kier molecular flexibility index (Phi) is 4.32. The fourth-order valence-electron chi connectivity index (χ4n) is 3.30. The predicted molar refractivity (Wildman–Crippen MR) is 104 cm³/mol. The number of halogens is 2. The summed E-state index contributed by atoms with van der Waals surface area (Å²) >= 11 is 0. The summed E-state index contributed by atoms with van der Waals surface area (Å²) in [6, 6.07) is 6.95. The van der Waals surface area contributed by atoms with E-state index in [2.05, 4.69) is 9.97 Å². The number of pyridine rings is 1. The fourth-order valence-corrected chi connectivity index (χ4v) is 3.30. The van der Waals surface area contributed by atoms with Crippen LogP contribution in [0.5, 0.6) is 0 Å². The Labute approximate surface area is 162 Å². The minimum Gasteiger partial charge on any atom is -0.399 e. The van der Waals surface area contributed by atoms with Crippen LogP contribution in [0.1, 0.15) is 45.4 Å². The number of imidazole rings is 1. The van der Waals surface area contributed by atoms with Crippen LogP contribution in [0, 0.1) is 6.92 Å². The minimum atomic E-state index is -2.68.